The molecular weight excluding hydrogens is 408 g/mol. The number of ether oxygens (including phenoxy) is 1. The number of hydrogen-bond donors (Lipinski definition) is 0. The molecule has 3 aromatic rings. The zero-order chi connectivity index (χ0) is 19.4. The molecule has 140 valence electrons. The van der Waals surface area contributed by atoms with E-state index in [0.29, 0.717) is 5.75 Å². The maximum atomic E-state index is 12.8. The van der Waals surface area contributed by atoms with Gasteiger partial charge in [0.15, 0.2) is 6.10 Å². The van der Waals surface area contributed by atoms with Gasteiger partial charge in [0, 0.05) is 11.5 Å². The molecule has 2 aromatic carbocycles. The standard InChI is InChI=1S/C20H21BrN4O2/c1-14(16-4-8-18(9-5-16)25-13-22-12-23-25)24(3)20(26)15(2)27-19-10-6-17(21)7-11-19/h4-15H,1-3H3/t14-,15-/m0/s1. The first kappa shape index (κ1) is 19.1. The van der Waals surface area contributed by atoms with Gasteiger partial charge >= 0.3 is 0 Å². The number of carbonyl (C=O) groups is 1. The van der Waals surface area contributed by atoms with Crippen LogP contribution in [0.25, 0.3) is 5.69 Å². The van der Waals surface area contributed by atoms with Gasteiger partial charge in [0.1, 0.15) is 18.4 Å². The molecule has 1 amide bonds. The van der Waals surface area contributed by atoms with E-state index in [2.05, 4.69) is 26.0 Å². The largest absolute Gasteiger partial charge is 0.481 e. The van der Waals surface area contributed by atoms with E-state index in [1.807, 2.05) is 55.5 Å². The average Bonchev–Trinajstić information content (AvgIpc) is 3.23. The van der Waals surface area contributed by atoms with Crippen molar-refractivity contribution in [2.24, 2.45) is 0 Å². The molecule has 27 heavy (non-hydrogen) atoms. The Hall–Kier alpha value is -2.67. The van der Waals surface area contributed by atoms with Gasteiger partial charge in [-0.15, -0.1) is 0 Å². The van der Waals surface area contributed by atoms with Gasteiger partial charge < -0.3 is 9.64 Å². The van der Waals surface area contributed by atoms with Crippen LogP contribution in [0.1, 0.15) is 25.5 Å². The second-order valence-corrected chi connectivity index (χ2v) is 7.19. The van der Waals surface area contributed by atoms with E-state index in [1.54, 1.807) is 29.9 Å². The van der Waals surface area contributed by atoms with Crippen molar-refractivity contribution >= 4 is 21.8 Å². The lowest BCUT2D eigenvalue weighted by Gasteiger charge is -2.28. The smallest absolute Gasteiger partial charge is 0.263 e. The fourth-order valence-corrected chi connectivity index (χ4v) is 2.98. The summed E-state index contributed by atoms with van der Waals surface area (Å²) >= 11 is 3.39. The number of amides is 1. The first-order chi connectivity index (χ1) is 13.0. The first-order valence-corrected chi connectivity index (χ1v) is 9.39. The molecule has 1 aromatic heterocycles. The topological polar surface area (TPSA) is 60.2 Å². The lowest BCUT2D eigenvalue weighted by molar-refractivity contribution is -0.138. The molecule has 1 heterocycles. The molecule has 0 saturated carbocycles. The summed E-state index contributed by atoms with van der Waals surface area (Å²) in [7, 11) is 1.79. The molecule has 0 fully saturated rings. The van der Waals surface area contributed by atoms with Crippen LogP contribution in [0.15, 0.2) is 65.7 Å². The van der Waals surface area contributed by atoms with Crippen molar-refractivity contribution in [2.45, 2.75) is 26.0 Å². The van der Waals surface area contributed by atoms with E-state index in [9.17, 15) is 4.79 Å². The summed E-state index contributed by atoms with van der Waals surface area (Å²) < 4.78 is 8.43. The van der Waals surface area contributed by atoms with E-state index < -0.39 is 6.10 Å². The van der Waals surface area contributed by atoms with E-state index in [1.165, 1.54) is 6.33 Å². The van der Waals surface area contributed by atoms with Gasteiger partial charge in [-0.3, -0.25) is 4.79 Å². The summed E-state index contributed by atoms with van der Waals surface area (Å²) in [4.78, 5) is 18.4. The predicted octanol–water partition coefficient (Wildman–Crippen LogP) is 4.02. The molecule has 0 aliphatic rings. The van der Waals surface area contributed by atoms with Crippen LogP contribution < -0.4 is 4.74 Å². The third-order valence-corrected chi connectivity index (χ3v) is 4.99. The quantitative estimate of drug-likeness (QED) is 0.594. The van der Waals surface area contributed by atoms with Crippen molar-refractivity contribution in [3.63, 3.8) is 0 Å². The van der Waals surface area contributed by atoms with Crippen molar-refractivity contribution in [1.82, 2.24) is 19.7 Å². The van der Waals surface area contributed by atoms with Crippen LogP contribution in [-0.2, 0) is 4.79 Å². The SMILES string of the molecule is C[C@H](Oc1ccc(Br)cc1)C(=O)N(C)[C@@H](C)c1ccc(-n2cncn2)cc1. The van der Waals surface area contributed by atoms with Gasteiger partial charge in [-0.2, -0.15) is 5.10 Å². The van der Waals surface area contributed by atoms with Crippen molar-refractivity contribution < 1.29 is 9.53 Å². The Balaban J connectivity index is 1.65. The molecule has 7 heteroatoms. The molecular formula is C20H21BrN4O2. The number of hydrogen-bond acceptors (Lipinski definition) is 4. The van der Waals surface area contributed by atoms with E-state index in [0.717, 1.165) is 15.7 Å². The number of aromatic nitrogens is 3. The summed E-state index contributed by atoms with van der Waals surface area (Å²) in [5.74, 6) is 0.586. The third-order valence-electron chi connectivity index (χ3n) is 4.46. The van der Waals surface area contributed by atoms with Crippen LogP contribution in [0.4, 0.5) is 0 Å². The third kappa shape index (κ3) is 4.54. The molecule has 0 unspecified atom stereocenters. The van der Waals surface area contributed by atoms with E-state index >= 15 is 0 Å². The Kier molecular flexibility index (Phi) is 5.91. The maximum Gasteiger partial charge on any atom is 0.263 e. The number of halogens is 1. The van der Waals surface area contributed by atoms with Crippen LogP contribution in [0.5, 0.6) is 5.75 Å². The zero-order valence-corrected chi connectivity index (χ0v) is 17.0. The number of rotatable bonds is 6. The summed E-state index contributed by atoms with van der Waals surface area (Å²) in [5.41, 5.74) is 1.95. The highest BCUT2D eigenvalue weighted by Gasteiger charge is 2.24. The van der Waals surface area contributed by atoms with Gasteiger partial charge in [0.05, 0.1) is 11.7 Å². The summed E-state index contributed by atoms with van der Waals surface area (Å²) in [6.07, 6.45) is 2.57. The highest BCUT2D eigenvalue weighted by Crippen LogP contribution is 2.22. The minimum Gasteiger partial charge on any atom is -0.481 e. The number of carbonyl (C=O) groups excluding carboxylic acids is 1. The van der Waals surface area contributed by atoms with Crippen LogP contribution in [-0.4, -0.2) is 38.7 Å². The van der Waals surface area contributed by atoms with Crippen molar-refractivity contribution in [3.05, 3.63) is 71.2 Å². The van der Waals surface area contributed by atoms with E-state index in [4.69, 9.17) is 4.74 Å². The molecule has 2 atom stereocenters. The Morgan fingerprint density at radius 2 is 1.78 bits per heavy atom. The lowest BCUT2D eigenvalue weighted by atomic mass is 10.1. The Morgan fingerprint density at radius 1 is 1.11 bits per heavy atom. The minimum atomic E-state index is -0.576. The Morgan fingerprint density at radius 3 is 2.37 bits per heavy atom. The van der Waals surface area contributed by atoms with E-state index in [-0.39, 0.29) is 11.9 Å². The highest BCUT2D eigenvalue weighted by molar-refractivity contribution is 9.10. The highest BCUT2D eigenvalue weighted by atomic mass is 79.9. The van der Waals surface area contributed by atoms with Crippen molar-refractivity contribution in [3.8, 4) is 11.4 Å². The molecule has 0 radical (unpaired) electrons. The molecule has 0 aliphatic carbocycles. The number of benzene rings is 2. The van der Waals surface area contributed by atoms with Gasteiger partial charge in [-0.25, -0.2) is 9.67 Å². The molecule has 0 N–H and O–H groups in total. The van der Waals surface area contributed by atoms with Gasteiger partial charge in [-0.05, 0) is 55.8 Å². The molecule has 0 saturated heterocycles. The molecule has 6 nitrogen and oxygen atoms in total. The fraction of sp³-hybridized carbons (Fsp3) is 0.250. The van der Waals surface area contributed by atoms with Gasteiger partial charge in [0.2, 0.25) is 0 Å². The maximum absolute atomic E-state index is 12.8. The van der Waals surface area contributed by atoms with Crippen molar-refractivity contribution in [2.75, 3.05) is 7.05 Å². The second-order valence-electron chi connectivity index (χ2n) is 6.27. The van der Waals surface area contributed by atoms with Crippen molar-refractivity contribution in [1.29, 1.82) is 0 Å². The molecule has 0 bridgehead atoms. The summed E-state index contributed by atoms with van der Waals surface area (Å²) in [5, 5.41) is 4.11. The zero-order valence-electron chi connectivity index (χ0n) is 15.4. The summed E-state index contributed by atoms with van der Waals surface area (Å²) in [6, 6.07) is 15.3. The number of nitrogens with zero attached hydrogens (tertiary/aromatic N) is 4. The predicted molar refractivity (Wildman–Crippen MR) is 107 cm³/mol. The van der Waals surface area contributed by atoms with Gasteiger partial charge in [0.25, 0.3) is 5.91 Å². The second kappa shape index (κ2) is 8.35. The van der Waals surface area contributed by atoms with Crippen LogP contribution >= 0.6 is 15.9 Å². The molecule has 0 spiro atoms. The Bertz CT molecular complexity index is 879. The van der Waals surface area contributed by atoms with Crippen LogP contribution in [0.3, 0.4) is 0 Å². The first-order valence-electron chi connectivity index (χ1n) is 8.59. The Labute approximate surface area is 166 Å². The average molecular weight is 429 g/mol. The summed E-state index contributed by atoms with van der Waals surface area (Å²) in [6.45, 7) is 3.76. The molecule has 0 aliphatic heterocycles. The van der Waals surface area contributed by atoms with Crippen LogP contribution in [0.2, 0.25) is 0 Å². The minimum absolute atomic E-state index is 0.0780. The normalized spacial score (nSPS) is 13.0. The fourth-order valence-electron chi connectivity index (χ4n) is 2.72. The lowest BCUT2D eigenvalue weighted by Crippen LogP contribution is -2.39. The van der Waals surface area contributed by atoms with Gasteiger partial charge in [-0.1, -0.05) is 28.1 Å². The monoisotopic (exact) mass is 428 g/mol. The molecule has 3 rings (SSSR count). The van der Waals surface area contributed by atoms with Crippen LogP contribution in [0, 0.1) is 0 Å². The number of likely N-dealkylation sites (N-methyl/N-ethyl adjacent to an activating group) is 1.